The van der Waals surface area contributed by atoms with Gasteiger partial charge in [0, 0.05) is 6.61 Å². The topological polar surface area (TPSA) is 76.1 Å². The summed E-state index contributed by atoms with van der Waals surface area (Å²) in [6.07, 6.45) is 30.4. The first kappa shape index (κ1) is 44.9. The van der Waals surface area contributed by atoms with Crippen LogP contribution in [0.15, 0.2) is 0 Å². The minimum absolute atomic E-state index is 0.00285. The molecule has 2 atom stereocenters. The van der Waals surface area contributed by atoms with Gasteiger partial charge in [0.1, 0.15) is 0 Å². The molecule has 6 heteroatoms. The monoisotopic (exact) mass is 654 g/mol. The van der Waals surface area contributed by atoms with E-state index in [1.807, 2.05) is 13.8 Å². The highest BCUT2D eigenvalue weighted by Gasteiger charge is 2.15. The molecule has 0 radical (unpaired) electrons. The second-order valence-electron chi connectivity index (χ2n) is 14.1. The first-order valence-corrected chi connectivity index (χ1v) is 20.1. The van der Waals surface area contributed by atoms with Crippen LogP contribution in [0.4, 0.5) is 0 Å². The van der Waals surface area contributed by atoms with Crippen LogP contribution < -0.4 is 0 Å². The minimum atomic E-state index is -0.0192. The van der Waals surface area contributed by atoms with Crippen molar-refractivity contribution in [2.45, 2.75) is 195 Å². The van der Waals surface area contributed by atoms with Gasteiger partial charge in [0.15, 0.2) is 0 Å². The zero-order valence-electron chi connectivity index (χ0n) is 31.3. The van der Waals surface area contributed by atoms with Gasteiger partial charge in [-0.15, -0.1) is 0 Å². The van der Waals surface area contributed by atoms with Crippen LogP contribution in [-0.2, 0) is 19.1 Å². The molecule has 0 fully saturated rings. The fourth-order valence-corrected chi connectivity index (χ4v) is 6.05. The lowest BCUT2D eigenvalue weighted by Crippen LogP contribution is -2.27. The van der Waals surface area contributed by atoms with Crippen LogP contribution in [0.2, 0.25) is 0 Å². The van der Waals surface area contributed by atoms with Gasteiger partial charge in [-0.1, -0.05) is 143 Å². The van der Waals surface area contributed by atoms with Crippen LogP contribution >= 0.6 is 0 Å². The van der Waals surface area contributed by atoms with Crippen molar-refractivity contribution >= 4 is 11.9 Å². The molecule has 0 aliphatic rings. The number of hydrogen-bond acceptors (Lipinski definition) is 6. The van der Waals surface area contributed by atoms with Gasteiger partial charge in [-0.2, -0.15) is 0 Å². The molecule has 0 bridgehead atoms. The Morgan fingerprint density at radius 3 is 1.20 bits per heavy atom. The van der Waals surface area contributed by atoms with Crippen LogP contribution in [0.5, 0.6) is 0 Å². The van der Waals surface area contributed by atoms with Gasteiger partial charge < -0.3 is 19.5 Å². The lowest BCUT2D eigenvalue weighted by atomic mass is 10.0. The standard InChI is InChI=1S/C40H79NO5/c1-5-7-9-11-13-19-27-35-45-39(43)37(3)29-21-15-17-23-31-41(33-25-26-34-42)32-24-18-16-22-30-38(4)40(44)46-36-28-20-14-12-10-8-6-2/h37-38,42H,5-36H2,1-4H3. The van der Waals surface area contributed by atoms with Gasteiger partial charge in [-0.05, 0) is 71.0 Å². The predicted molar refractivity (Wildman–Crippen MR) is 195 cm³/mol. The number of aliphatic hydroxyl groups excluding tert-OH is 1. The fraction of sp³-hybridized carbons (Fsp3) is 0.950. The number of carbonyl (C=O) groups excluding carboxylic acids is 2. The number of esters is 2. The minimum Gasteiger partial charge on any atom is -0.465 e. The predicted octanol–water partition coefficient (Wildman–Crippen LogP) is 10.8. The van der Waals surface area contributed by atoms with E-state index in [9.17, 15) is 14.7 Å². The Morgan fingerprint density at radius 2 is 0.804 bits per heavy atom. The van der Waals surface area contributed by atoms with Crippen LogP contribution in [-0.4, -0.2) is 61.4 Å². The molecule has 0 aromatic heterocycles. The van der Waals surface area contributed by atoms with E-state index in [1.165, 1.54) is 116 Å². The molecule has 0 spiro atoms. The molecule has 0 aromatic carbocycles. The Morgan fingerprint density at radius 1 is 0.478 bits per heavy atom. The molecule has 1 N–H and O–H groups in total. The number of unbranched alkanes of at least 4 members (excludes halogenated alkanes) is 19. The van der Waals surface area contributed by atoms with E-state index in [-0.39, 0.29) is 30.4 Å². The molecule has 0 saturated carbocycles. The van der Waals surface area contributed by atoms with E-state index in [2.05, 4.69) is 18.7 Å². The molecule has 0 aliphatic carbocycles. The quantitative estimate of drug-likeness (QED) is 0.0536. The van der Waals surface area contributed by atoms with E-state index < -0.39 is 0 Å². The number of carbonyl (C=O) groups is 2. The summed E-state index contributed by atoms with van der Waals surface area (Å²) in [5.74, 6) is -0.0328. The first-order valence-electron chi connectivity index (χ1n) is 20.1. The van der Waals surface area contributed by atoms with E-state index in [1.54, 1.807) is 0 Å². The molecule has 0 heterocycles. The Hall–Kier alpha value is -1.14. The average Bonchev–Trinajstić information content (AvgIpc) is 3.05. The van der Waals surface area contributed by atoms with Crippen LogP contribution in [0.25, 0.3) is 0 Å². The maximum Gasteiger partial charge on any atom is 0.308 e. The van der Waals surface area contributed by atoms with Crippen LogP contribution in [0.3, 0.4) is 0 Å². The lowest BCUT2D eigenvalue weighted by Gasteiger charge is -2.22. The molecule has 46 heavy (non-hydrogen) atoms. The Labute approximate surface area is 286 Å². The van der Waals surface area contributed by atoms with Crippen molar-refractivity contribution in [1.82, 2.24) is 4.90 Å². The van der Waals surface area contributed by atoms with Crippen molar-refractivity contribution in [3.05, 3.63) is 0 Å². The summed E-state index contributed by atoms with van der Waals surface area (Å²) < 4.78 is 11.0. The van der Waals surface area contributed by atoms with Crippen molar-refractivity contribution in [1.29, 1.82) is 0 Å². The smallest absolute Gasteiger partial charge is 0.308 e. The molecule has 0 saturated heterocycles. The zero-order valence-corrected chi connectivity index (χ0v) is 31.3. The molecular formula is C40H79NO5. The molecule has 274 valence electrons. The number of hydrogen-bond donors (Lipinski definition) is 1. The second-order valence-corrected chi connectivity index (χ2v) is 14.1. The summed E-state index contributed by atoms with van der Waals surface area (Å²) >= 11 is 0. The van der Waals surface area contributed by atoms with Crippen molar-refractivity contribution < 1.29 is 24.2 Å². The Kier molecular flexibility index (Phi) is 34.3. The average molecular weight is 654 g/mol. The highest BCUT2D eigenvalue weighted by atomic mass is 16.5. The fourth-order valence-electron chi connectivity index (χ4n) is 6.05. The van der Waals surface area contributed by atoms with Crippen LogP contribution in [0, 0.1) is 11.8 Å². The molecule has 2 unspecified atom stereocenters. The van der Waals surface area contributed by atoms with Gasteiger partial charge in [0.2, 0.25) is 0 Å². The molecule has 6 nitrogen and oxygen atoms in total. The van der Waals surface area contributed by atoms with E-state index >= 15 is 0 Å². The lowest BCUT2D eigenvalue weighted by molar-refractivity contribution is -0.149. The van der Waals surface area contributed by atoms with Crippen LogP contribution in [0.1, 0.15) is 195 Å². The van der Waals surface area contributed by atoms with Gasteiger partial charge in [0.25, 0.3) is 0 Å². The van der Waals surface area contributed by atoms with Gasteiger partial charge in [0.05, 0.1) is 25.0 Å². The molecule has 0 aromatic rings. The number of rotatable bonds is 36. The number of ether oxygens (including phenoxy) is 2. The number of nitrogens with zero attached hydrogens (tertiary/aromatic N) is 1. The molecule has 0 amide bonds. The molecule has 0 aliphatic heterocycles. The van der Waals surface area contributed by atoms with Crippen molar-refractivity contribution in [2.75, 3.05) is 39.5 Å². The van der Waals surface area contributed by atoms with E-state index in [0.29, 0.717) is 13.2 Å². The molecule has 0 rings (SSSR count). The van der Waals surface area contributed by atoms with E-state index in [4.69, 9.17) is 9.47 Å². The summed E-state index contributed by atoms with van der Waals surface area (Å²) in [6, 6.07) is 0. The SMILES string of the molecule is CCCCCCCCCOC(=O)C(C)CCCCCCN(CCCCO)CCCCCCC(C)C(=O)OCCCCCCCCC. The van der Waals surface area contributed by atoms with E-state index in [0.717, 1.165) is 71.0 Å². The maximum atomic E-state index is 12.3. The van der Waals surface area contributed by atoms with Gasteiger partial charge in [-0.3, -0.25) is 9.59 Å². The third-order valence-corrected chi connectivity index (χ3v) is 9.39. The normalized spacial score (nSPS) is 12.8. The third-order valence-electron chi connectivity index (χ3n) is 9.39. The largest absolute Gasteiger partial charge is 0.465 e. The Bertz CT molecular complexity index is 608. The van der Waals surface area contributed by atoms with Gasteiger partial charge >= 0.3 is 11.9 Å². The van der Waals surface area contributed by atoms with Crippen molar-refractivity contribution in [3.8, 4) is 0 Å². The Balaban J connectivity index is 3.91. The number of aliphatic hydroxyl groups is 1. The van der Waals surface area contributed by atoms with Gasteiger partial charge in [-0.25, -0.2) is 0 Å². The first-order chi connectivity index (χ1) is 22.5. The third kappa shape index (κ3) is 30.2. The summed E-state index contributed by atoms with van der Waals surface area (Å²) in [5, 5.41) is 9.22. The molecular weight excluding hydrogens is 574 g/mol. The summed E-state index contributed by atoms with van der Waals surface area (Å²) in [6.45, 7) is 13.2. The zero-order chi connectivity index (χ0) is 33.9. The summed E-state index contributed by atoms with van der Waals surface area (Å²) in [4.78, 5) is 27.2. The summed E-state index contributed by atoms with van der Waals surface area (Å²) in [5.41, 5.74) is 0. The maximum absolute atomic E-state index is 12.3. The van der Waals surface area contributed by atoms with Crippen molar-refractivity contribution in [3.63, 3.8) is 0 Å². The summed E-state index contributed by atoms with van der Waals surface area (Å²) in [7, 11) is 0. The highest BCUT2D eigenvalue weighted by molar-refractivity contribution is 5.72. The highest BCUT2D eigenvalue weighted by Crippen LogP contribution is 2.16. The second kappa shape index (κ2) is 35.2. The van der Waals surface area contributed by atoms with Crippen molar-refractivity contribution in [2.24, 2.45) is 11.8 Å².